The maximum absolute atomic E-state index is 12.8. The average molecular weight is 358 g/mol. The van der Waals surface area contributed by atoms with Gasteiger partial charge in [-0.25, -0.2) is 9.78 Å². The Kier molecular flexibility index (Phi) is 5.51. The molecule has 0 unspecified atom stereocenters. The van der Waals surface area contributed by atoms with Gasteiger partial charge >= 0.3 is 6.03 Å². The van der Waals surface area contributed by atoms with E-state index in [0.717, 1.165) is 36.1 Å². The van der Waals surface area contributed by atoms with Gasteiger partial charge in [0.15, 0.2) is 0 Å². The molecule has 26 heavy (non-hydrogen) atoms. The van der Waals surface area contributed by atoms with Crippen molar-refractivity contribution in [2.75, 3.05) is 19.7 Å². The number of aromatic amines is 1. The quantitative estimate of drug-likeness (QED) is 0.851. The van der Waals surface area contributed by atoms with E-state index in [2.05, 4.69) is 55.1 Å². The van der Waals surface area contributed by atoms with Crippen LogP contribution >= 0.6 is 0 Å². The highest BCUT2D eigenvalue weighted by atomic mass is 16.5. The molecule has 6 heteroatoms. The van der Waals surface area contributed by atoms with Gasteiger partial charge in [-0.2, -0.15) is 0 Å². The predicted octanol–water partition coefficient (Wildman–Crippen LogP) is 3.92. The van der Waals surface area contributed by atoms with Gasteiger partial charge in [0.2, 0.25) is 0 Å². The lowest BCUT2D eigenvalue weighted by Gasteiger charge is -2.42. The van der Waals surface area contributed by atoms with Crippen molar-refractivity contribution in [1.82, 2.24) is 20.2 Å². The number of H-pyrrole nitrogens is 1. The van der Waals surface area contributed by atoms with Gasteiger partial charge in [-0.1, -0.05) is 26.8 Å². The molecule has 3 rings (SSSR count). The average Bonchev–Trinajstić information content (AvgIpc) is 3.08. The number of hydrogen-bond acceptors (Lipinski definition) is 3. The van der Waals surface area contributed by atoms with Crippen molar-refractivity contribution in [2.45, 2.75) is 58.6 Å². The number of carbonyl (C=O) groups is 1. The third-order valence-electron chi connectivity index (χ3n) is 5.52. The normalized spacial score (nSPS) is 18.1. The van der Waals surface area contributed by atoms with Crippen LogP contribution < -0.4 is 5.32 Å². The molecule has 1 aromatic heterocycles. The van der Waals surface area contributed by atoms with Gasteiger partial charge in [-0.15, -0.1) is 0 Å². The van der Waals surface area contributed by atoms with Crippen LogP contribution in [0.1, 0.15) is 57.5 Å². The molecule has 0 bridgehead atoms. The molecule has 2 heterocycles. The molecule has 1 aromatic carbocycles. The number of ether oxygens (including phenoxy) is 1. The Bertz CT molecular complexity index is 766. The fraction of sp³-hybridized carbons (Fsp3) is 0.600. The summed E-state index contributed by atoms with van der Waals surface area (Å²) in [4.78, 5) is 22.8. The van der Waals surface area contributed by atoms with Crippen LogP contribution in [0.3, 0.4) is 0 Å². The Morgan fingerprint density at radius 1 is 1.38 bits per heavy atom. The lowest BCUT2D eigenvalue weighted by Crippen LogP contribution is -2.55. The first-order valence-electron chi connectivity index (χ1n) is 9.66. The minimum atomic E-state index is -0.214. The highest BCUT2D eigenvalue weighted by Gasteiger charge is 2.35. The molecular formula is C20H30N4O2. The van der Waals surface area contributed by atoms with E-state index in [4.69, 9.17) is 4.74 Å². The third kappa shape index (κ3) is 3.70. The van der Waals surface area contributed by atoms with Crippen LogP contribution in [-0.2, 0) is 4.74 Å². The van der Waals surface area contributed by atoms with E-state index in [0.29, 0.717) is 19.7 Å². The largest absolute Gasteiger partial charge is 0.371 e. The Labute approximate surface area is 155 Å². The molecule has 0 radical (unpaired) electrons. The van der Waals surface area contributed by atoms with Gasteiger partial charge in [-0.3, -0.25) is 0 Å². The number of aromatic nitrogens is 2. The van der Waals surface area contributed by atoms with E-state index in [9.17, 15) is 4.79 Å². The summed E-state index contributed by atoms with van der Waals surface area (Å²) in [6, 6.07) is 5.98. The Hall–Kier alpha value is -2.08. The molecule has 1 atom stereocenters. The van der Waals surface area contributed by atoms with Gasteiger partial charge in [0.05, 0.1) is 35.8 Å². The first-order valence-corrected chi connectivity index (χ1v) is 9.66. The van der Waals surface area contributed by atoms with E-state index < -0.39 is 0 Å². The van der Waals surface area contributed by atoms with Crippen LogP contribution in [0.4, 0.5) is 4.79 Å². The smallest absolute Gasteiger partial charge is 0.318 e. The van der Waals surface area contributed by atoms with Gasteiger partial charge in [0.1, 0.15) is 5.82 Å². The summed E-state index contributed by atoms with van der Waals surface area (Å²) in [5, 5.41) is 3.15. The second kappa shape index (κ2) is 7.66. The summed E-state index contributed by atoms with van der Waals surface area (Å²) in [7, 11) is 0. The van der Waals surface area contributed by atoms with Gasteiger partial charge in [0, 0.05) is 6.54 Å². The molecule has 1 aliphatic rings. The van der Waals surface area contributed by atoms with Crippen molar-refractivity contribution < 1.29 is 9.53 Å². The molecule has 6 nitrogen and oxygen atoms in total. The lowest BCUT2D eigenvalue weighted by atomic mass is 9.95. The van der Waals surface area contributed by atoms with Crippen LogP contribution in [0.5, 0.6) is 0 Å². The molecule has 2 amide bonds. The zero-order valence-corrected chi connectivity index (χ0v) is 16.3. The SMILES string of the molecule is CC[C@@H](NC(=O)N1CCOC(CC)(CC)C1)c1nc2ccc(C)cc2[nH]1. The summed E-state index contributed by atoms with van der Waals surface area (Å²) in [6.45, 7) is 10.2. The minimum Gasteiger partial charge on any atom is -0.371 e. The van der Waals surface area contributed by atoms with Crippen LogP contribution in [0.25, 0.3) is 11.0 Å². The third-order valence-corrected chi connectivity index (χ3v) is 5.52. The van der Waals surface area contributed by atoms with Crippen molar-refractivity contribution in [3.63, 3.8) is 0 Å². The Morgan fingerprint density at radius 3 is 2.85 bits per heavy atom. The number of imidazole rings is 1. The number of carbonyl (C=O) groups excluding carboxylic acids is 1. The van der Waals surface area contributed by atoms with E-state index in [1.807, 2.05) is 11.0 Å². The van der Waals surface area contributed by atoms with Crippen molar-refractivity contribution in [1.29, 1.82) is 0 Å². The minimum absolute atomic E-state index is 0.0388. The molecule has 0 spiro atoms. The number of amides is 2. The first-order chi connectivity index (χ1) is 12.5. The van der Waals surface area contributed by atoms with Crippen molar-refractivity contribution >= 4 is 17.1 Å². The number of hydrogen-bond donors (Lipinski definition) is 2. The van der Waals surface area contributed by atoms with Crippen molar-refractivity contribution in [2.24, 2.45) is 0 Å². The lowest BCUT2D eigenvalue weighted by molar-refractivity contribution is -0.101. The maximum atomic E-state index is 12.8. The first kappa shape index (κ1) is 18.7. The van der Waals surface area contributed by atoms with Crippen LogP contribution in [-0.4, -0.2) is 46.2 Å². The van der Waals surface area contributed by atoms with E-state index in [1.165, 1.54) is 5.56 Å². The molecule has 2 N–H and O–H groups in total. The highest BCUT2D eigenvalue weighted by Crippen LogP contribution is 2.26. The summed E-state index contributed by atoms with van der Waals surface area (Å²) in [5.74, 6) is 0.812. The van der Waals surface area contributed by atoms with Gasteiger partial charge in [0.25, 0.3) is 0 Å². The summed E-state index contributed by atoms with van der Waals surface area (Å²) >= 11 is 0. The van der Waals surface area contributed by atoms with Gasteiger partial charge < -0.3 is 19.9 Å². The number of nitrogens with one attached hydrogen (secondary N) is 2. The number of urea groups is 1. The summed E-state index contributed by atoms with van der Waals surface area (Å²) in [6.07, 6.45) is 2.60. The molecule has 142 valence electrons. The zero-order chi connectivity index (χ0) is 18.7. The monoisotopic (exact) mass is 358 g/mol. The van der Waals surface area contributed by atoms with Crippen LogP contribution in [0.15, 0.2) is 18.2 Å². The number of rotatable bonds is 5. The molecule has 1 saturated heterocycles. The molecule has 1 fully saturated rings. The molecular weight excluding hydrogens is 328 g/mol. The van der Waals surface area contributed by atoms with E-state index >= 15 is 0 Å². The number of fused-ring (bicyclic) bond motifs is 1. The molecule has 2 aromatic rings. The number of morpholine rings is 1. The van der Waals surface area contributed by atoms with Crippen molar-refractivity contribution in [3.8, 4) is 0 Å². The van der Waals surface area contributed by atoms with Crippen molar-refractivity contribution in [3.05, 3.63) is 29.6 Å². The second-order valence-corrected chi connectivity index (χ2v) is 7.21. The topological polar surface area (TPSA) is 70.2 Å². The van der Waals surface area contributed by atoms with E-state index in [-0.39, 0.29) is 17.7 Å². The van der Waals surface area contributed by atoms with Crippen LogP contribution in [0, 0.1) is 6.92 Å². The van der Waals surface area contributed by atoms with Gasteiger partial charge in [-0.05, 0) is 43.9 Å². The Morgan fingerprint density at radius 2 is 2.15 bits per heavy atom. The number of benzene rings is 1. The fourth-order valence-electron chi connectivity index (χ4n) is 3.61. The zero-order valence-electron chi connectivity index (χ0n) is 16.3. The molecule has 0 aliphatic carbocycles. The fourth-order valence-corrected chi connectivity index (χ4v) is 3.61. The predicted molar refractivity (Wildman–Crippen MR) is 103 cm³/mol. The molecule has 1 aliphatic heterocycles. The second-order valence-electron chi connectivity index (χ2n) is 7.21. The Balaban J connectivity index is 1.73. The maximum Gasteiger partial charge on any atom is 0.318 e. The highest BCUT2D eigenvalue weighted by molar-refractivity contribution is 5.77. The standard InChI is InChI=1S/C20H30N4O2/c1-5-15(18-21-16-9-8-14(4)12-17(16)22-18)23-19(25)24-10-11-26-20(6-2,7-3)13-24/h8-9,12,15H,5-7,10-11,13H2,1-4H3,(H,21,22)(H,23,25)/t15-/m1/s1. The van der Waals surface area contributed by atoms with E-state index in [1.54, 1.807) is 0 Å². The number of nitrogens with zero attached hydrogens (tertiary/aromatic N) is 2. The summed E-state index contributed by atoms with van der Waals surface area (Å²) < 4.78 is 5.97. The van der Waals surface area contributed by atoms with Crippen LogP contribution in [0.2, 0.25) is 0 Å². The molecule has 0 saturated carbocycles. The summed E-state index contributed by atoms with van der Waals surface area (Å²) in [5.41, 5.74) is 2.91. The number of aryl methyl sites for hydroxylation is 1.